The molecule has 2 rings (SSSR count). The van der Waals surface area contributed by atoms with Crippen molar-refractivity contribution in [3.63, 3.8) is 0 Å². The molecule has 0 aliphatic rings. The zero-order chi connectivity index (χ0) is 25.2. The summed E-state index contributed by atoms with van der Waals surface area (Å²) in [5.41, 5.74) is 6.32. The number of nitrogens with one attached hydrogen (secondary N) is 2. The van der Waals surface area contributed by atoms with Gasteiger partial charge in [0.2, 0.25) is 10.0 Å². The van der Waals surface area contributed by atoms with Crippen LogP contribution in [0.15, 0.2) is 4.90 Å². The molecule has 0 spiro atoms. The van der Waals surface area contributed by atoms with Crippen molar-refractivity contribution in [2.24, 2.45) is 7.05 Å². The smallest absolute Gasteiger partial charge is 0.307 e. The number of anilines is 1. The maximum atomic E-state index is 12.9. The summed E-state index contributed by atoms with van der Waals surface area (Å²) in [5.74, 6) is -1.16. The van der Waals surface area contributed by atoms with E-state index >= 15 is 0 Å². The molecule has 0 aliphatic heterocycles. The minimum atomic E-state index is -3.82. The number of esters is 1. The van der Waals surface area contributed by atoms with E-state index in [9.17, 15) is 18.0 Å². The fourth-order valence-electron chi connectivity index (χ4n) is 3.72. The van der Waals surface area contributed by atoms with Gasteiger partial charge in [0.05, 0.1) is 28.4 Å². The molecule has 0 saturated carbocycles. The van der Waals surface area contributed by atoms with E-state index < -0.39 is 28.0 Å². The highest BCUT2D eigenvalue weighted by Crippen LogP contribution is 2.29. The van der Waals surface area contributed by atoms with Crippen LogP contribution in [0, 0.1) is 48.5 Å². The predicted octanol–water partition coefficient (Wildman–Crippen LogP) is 2.82. The molecular weight excluding hydrogens is 444 g/mol. The van der Waals surface area contributed by atoms with Gasteiger partial charge in [0.25, 0.3) is 5.91 Å². The number of carbonyl (C=O) groups excluding carboxylic acids is 2. The van der Waals surface area contributed by atoms with Gasteiger partial charge in [-0.2, -0.15) is 5.10 Å². The standard InChI is InChI=1S/C23H34N4O5S/c1-12-13(2)15(4)22(16(5)14(12)3)33(30,31)24-11-10-20(28)32-19(8)23(29)25-21-17(6)26-27(9)18(21)7/h19,24H,10-11H2,1-9H3,(H,25,29). The largest absolute Gasteiger partial charge is 0.452 e. The van der Waals surface area contributed by atoms with Gasteiger partial charge in [0.15, 0.2) is 6.10 Å². The van der Waals surface area contributed by atoms with Crippen molar-refractivity contribution < 1.29 is 22.7 Å². The second-order valence-electron chi connectivity index (χ2n) is 8.39. The van der Waals surface area contributed by atoms with E-state index in [2.05, 4.69) is 15.1 Å². The van der Waals surface area contributed by atoms with Gasteiger partial charge in [-0.3, -0.25) is 14.3 Å². The SMILES string of the molecule is Cc1nn(C)c(C)c1NC(=O)C(C)OC(=O)CCNS(=O)(=O)c1c(C)c(C)c(C)c(C)c1C. The quantitative estimate of drug-likeness (QED) is 0.563. The first-order valence-electron chi connectivity index (χ1n) is 10.8. The maximum Gasteiger partial charge on any atom is 0.307 e. The number of hydrogen-bond donors (Lipinski definition) is 2. The van der Waals surface area contributed by atoms with E-state index in [4.69, 9.17) is 4.74 Å². The van der Waals surface area contributed by atoms with Gasteiger partial charge >= 0.3 is 5.97 Å². The third-order valence-electron chi connectivity index (χ3n) is 6.26. The maximum absolute atomic E-state index is 12.9. The van der Waals surface area contributed by atoms with Crippen LogP contribution in [-0.4, -0.2) is 42.7 Å². The van der Waals surface area contributed by atoms with Crippen molar-refractivity contribution in [2.75, 3.05) is 11.9 Å². The number of ether oxygens (including phenoxy) is 1. The van der Waals surface area contributed by atoms with Crippen molar-refractivity contribution in [3.05, 3.63) is 39.2 Å². The van der Waals surface area contributed by atoms with Gasteiger partial charge in [-0.25, -0.2) is 13.1 Å². The summed E-state index contributed by atoms with van der Waals surface area (Å²) in [6.07, 6.45) is -1.25. The predicted molar refractivity (Wildman–Crippen MR) is 127 cm³/mol. The number of nitrogens with zero attached hydrogens (tertiary/aromatic N) is 2. The number of aromatic nitrogens is 2. The molecule has 0 fully saturated rings. The minimum absolute atomic E-state index is 0.138. The van der Waals surface area contributed by atoms with Crippen molar-refractivity contribution in [1.29, 1.82) is 0 Å². The number of aryl methyl sites for hydroxylation is 2. The molecule has 1 aromatic carbocycles. The van der Waals surface area contributed by atoms with Gasteiger partial charge in [0.1, 0.15) is 0 Å². The van der Waals surface area contributed by atoms with Crippen LogP contribution < -0.4 is 10.0 Å². The second kappa shape index (κ2) is 10.0. The van der Waals surface area contributed by atoms with Crippen molar-refractivity contribution in [3.8, 4) is 0 Å². The highest BCUT2D eigenvalue weighted by atomic mass is 32.2. The Kier molecular flexibility index (Phi) is 8.08. The normalized spacial score (nSPS) is 12.5. The van der Waals surface area contributed by atoms with Gasteiger partial charge in [-0.1, -0.05) is 0 Å². The zero-order valence-corrected chi connectivity index (χ0v) is 21.7. The highest BCUT2D eigenvalue weighted by molar-refractivity contribution is 7.89. The summed E-state index contributed by atoms with van der Waals surface area (Å²) < 4.78 is 35.2. The third kappa shape index (κ3) is 5.62. The first-order valence-corrected chi connectivity index (χ1v) is 12.2. The van der Waals surface area contributed by atoms with Crippen LogP contribution in [-0.2, 0) is 31.4 Å². The van der Waals surface area contributed by atoms with Crippen molar-refractivity contribution in [1.82, 2.24) is 14.5 Å². The number of hydrogen-bond acceptors (Lipinski definition) is 6. The molecule has 0 radical (unpaired) electrons. The molecule has 2 aromatic rings. The summed E-state index contributed by atoms with van der Waals surface area (Å²) in [6.45, 7) is 14.2. The van der Waals surface area contributed by atoms with Crippen molar-refractivity contribution >= 4 is 27.6 Å². The molecule has 182 valence electrons. The average Bonchev–Trinajstić information content (AvgIpc) is 2.96. The molecule has 1 atom stereocenters. The Morgan fingerprint density at radius 2 is 1.48 bits per heavy atom. The van der Waals surface area contributed by atoms with Crippen molar-refractivity contribution in [2.45, 2.75) is 72.8 Å². The molecule has 1 amide bonds. The number of benzene rings is 1. The van der Waals surface area contributed by atoms with Crippen LogP contribution >= 0.6 is 0 Å². The first-order chi connectivity index (χ1) is 15.2. The Hall–Kier alpha value is -2.72. The fraction of sp³-hybridized carbons (Fsp3) is 0.522. The monoisotopic (exact) mass is 478 g/mol. The Morgan fingerprint density at radius 1 is 0.970 bits per heavy atom. The van der Waals surface area contributed by atoms with Crippen LogP contribution in [0.3, 0.4) is 0 Å². The molecule has 9 nitrogen and oxygen atoms in total. The van der Waals surface area contributed by atoms with E-state index in [1.165, 1.54) is 6.92 Å². The lowest BCUT2D eigenvalue weighted by molar-refractivity contribution is -0.152. The molecule has 1 unspecified atom stereocenters. The summed E-state index contributed by atoms with van der Waals surface area (Å²) in [6, 6.07) is 0. The fourth-order valence-corrected chi connectivity index (χ4v) is 5.34. The van der Waals surface area contributed by atoms with Gasteiger partial charge < -0.3 is 10.1 Å². The first kappa shape index (κ1) is 26.5. The van der Waals surface area contributed by atoms with Crippen LogP contribution in [0.4, 0.5) is 5.69 Å². The number of carbonyl (C=O) groups is 2. The molecule has 0 bridgehead atoms. The lowest BCUT2D eigenvalue weighted by Crippen LogP contribution is -2.32. The van der Waals surface area contributed by atoms with Crippen LogP contribution in [0.5, 0.6) is 0 Å². The Balaban J connectivity index is 1.98. The van der Waals surface area contributed by atoms with E-state index in [-0.39, 0.29) is 17.9 Å². The Bertz CT molecular complexity index is 1170. The molecule has 0 aliphatic carbocycles. The van der Waals surface area contributed by atoms with Crippen LogP contribution in [0.2, 0.25) is 0 Å². The van der Waals surface area contributed by atoms with Gasteiger partial charge in [-0.15, -0.1) is 0 Å². The molecule has 1 aromatic heterocycles. The van der Waals surface area contributed by atoms with Gasteiger partial charge in [-0.05, 0) is 83.2 Å². The molecular formula is C23H34N4O5S. The van der Waals surface area contributed by atoms with E-state index in [0.29, 0.717) is 22.5 Å². The molecule has 1 heterocycles. The minimum Gasteiger partial charge on any atom is -0.452 e. The van der Waals surface area contributed by atoms with E-state index in [0.717, 1.165) is 22.4 Å². The molecule has 33 heavy (non-hydrogen) atoms. The van der Waals surface area contributed by atoms with E-state index in [1.807, 2.05) is 27.7 Å². The zero-order valence-electron chi connectivity index (χ0n) is 20.8. The average molecular weight is 479 g/mol. The third-order valence-corrected chi connectivity index (χ3v) is 7.99. The topological polar surface area (TPSA) is 119 Å². The van der Waals surface area contributed by atoms with E-state index in [1.54, 1.807) is 32.5 Å². The van der Waals surface area contributed by atoms with Crippen LogP contribution in [0.1, 0.15) is 52.5 Å². The number of rotatable bonds is 8. The summed E-state index contributed by atoms with van der Waals surface area (Å²) in [4.78, 5) is 24.9. The van der Waals surface area contributed by atoms with Crippen LogP contribution in [0.25, 0.3) is 0 Å². The lowest BCUT2D eigenvalue weighted by atomic mass is 9.95. The Labute approximate surface area is 196 Å². The Morgan fingerprint density at radius 3 is 1.97 bits per heavy atom. The molecule has 2 N–H and O–H groups in total. The highest BCUT2D eigenvalue weighted by Gasteiger charge is 2.25. The number of amides is 1. The lowest BCUT2D eigenvalue weighted by Gasteiger charge is -2.19. The summed E-state index contributed by atoms with van der Waals surface area (Å²) >= 11 is 0. The molecule has 0 saturated heterocycles. The van der Waals surface area contributed by atoms with Gasteiger partial charge in [0, 0.05) is 13.6 Å². The summed E-state index contributed by atoms with van der Waals surface area (Å²) in [5, 5.41) is 6.95. The number of sulfonamides is 1. The molecule has 10 heteroatoms. The summed E-state index contributed by atoms with van der Waals surface area (Å²) in [7, 11) is -2.05. The second-order valence-corrected chi connectivity index (χ2v) is 10.1.